The standard InChI is InChI=1S/C63H112O14/c1-3-5-7-9-11-13-15-17-19-21-23-25-26-27-28-30-32-34-36-38-40-42-44-46-55(65)75-52(49-72-47-45-43-41-39-37-35-33-31-29-24-22-20-18-16-14-12-10-8-6-4-2)50-73-62-61(71)59(69)57(67)54(77-62)51-74-63-60(70)58(68)56(66)53(48-64)76-63/h5,7,11,13,17,19,23,25,27-28,52-54,56-64,66-71H,3-4,6,8-10,12,14-16,18,20-22,24,26,29-51H2,1-2H3/b7-5-,13-11-,19-17-,25-23-,28-27-. The lowest BCUT2D eigenvalue weighted by atomic mass is 9.98. The predicted molar refractivity (Wildman–Crippen MR) is 307 cm³/mol. The van der Waals surface area contributed by atoms with Gasteiger partial charge in [-0.15, -0.1) is 0 Å². The van der Waals surface area contributed by atoms with E-state index in [0.717, 1.165) is 83.5 Å². The van der Waals surface area contributed by atoms with Crippen molar-refractivity contribution in [1.29, 1.82) is 0 Å². The Morgan fingerprint density at radius 1 is 0.442 bits per heavy atom. The van der Waals surface area contributed by atoms with Crippen LogP contribution in [0.3, 0.4) is 0 Å². The molecule has 11 atom stereocenters. The average molecular weight is 1090 g/mol. The van der Waals surface area contributed by atoms with Crippen LogP contribution in [0.2, 0.25) is 0 Å². The molecular weight excluding hydrogens is 981 g/mol. The lowest BCUT2D eigenvalue weighted by Gasteiger charge is -2.42. The van der Waals surface area contributed by atoms with E-state index in [1.54, 1.807) is 0 Å². The van der Waals surface area contributed by atoms with Gasteiger partial charge in [0, 0.05) is 13.0 Å². The Hall–Kier alpha value is -2.31. The maximum absolute atomic E-state index is 13.1. The molecule has 0 amide bonds. The highest BCUT2D eigenvalue weighted by Crippen LogP contribution is 2.27. The van der Waals surface area contributed by atoms with E-state index >= 15 is 0 Å². The van der Waals surface area contributed by atoms with Crippen molar-refractivity contribution in [2.45, 2.75) is 300 Å². The maximum Gasteiger partial charge on any atom is 0.306 e. The SMILES string of the molecule is CC/C=C\C/C=C\C/C=C\C/C=C\C/C=C\CCCCCCCCCC(=O)OC(COCCCCCCCCCCCCCCCCCCCCCC)COC1OC(COC2OC(CO)C(O)C(O)C2O)C(O)C(O)C1O. The number of allylic oxidation sites excluding steroid dienone is 10. The highest BCUT2D eigenvalue weighted by atomic mass is 16.7. The van der Waals surface area contributed by atoms with E-state index < -0.39 is 80.7 Å². The minimum Gasteiger partial charge on any atom is -0.457 e. The summed E-state index contributed by atoms with van der Waals surface area (Å²) >= 11 is 0. The van der Waals surface area contributed by atoms with Crippen LogP contribution in [0.5, 0.6) is 0 Å². The third kappa shape index (κ3) is 35.9. The van der Waals surface area contributed by atoms with Crippen molar-refractivity contribution in [2.24, 2.45) is 0 Å². The molecule has 77 heavy (non-hydrogen) atoms. The van der Waals surface area contributed by atoms with Crippen molar-refractivity contribution in [3.8, 4) is 0 Å². The third-order valence-corrected chi connectivity index (χ3v) is 14.5. The Morgan fingerprint density at radius 2 is 0.844 bits per heavy atom. The minimum absolute atomic E-state index is 0.0577. The average Bonchev–Trinajstić information content (AvgIpc) is 3.43. The molecule has 0 radical (unpaired) electrons. The fourth-order valence-electron chi connectivity index (χ4n) is 9.61. The van der Waals surface area contributed by atoms with E-state index in [-0.39, 0.29) is 25.6 Å². The first-order valence-electron chi connectivity index (χ1n) is 30.9. The number of hydrogen-bond donors (Lipinski definition) is 7. The number of rotatable bonds is 50. The van der Waals surface area contributed by atoms with Crippen LogP contribution in [0.15, 0.2) is 60.8 Å². The molecule has 2 heterocycles. The summed E-state index contributed by atoms with van der Waals surface area (Å²) in [5.41, 5.74) is 0. The molecule has 448 valence electrons. The number of hydrogen-bond acceptors (Lipinski definition) is 14. The molecule has 2 aliphatic rings. The van der Waals surface area contributed by atoms with Crippen LogP contribution in [-0.2, 0) is 33.2 Å². The number of aliphatic hydroxyl groups excluding tert-OH is 7. The monoisotopic (exact) mass is 1090 g/mol. The van der Waals surface area contributed by atoms with E-state index in [9.17, 15) is 40.5 Å². The number of carbonyl (C=O) groups is 1. The summed E-state index contributed by atoms with van der Waals surface area (Å²) in [5, 5.41) is 72.4. The van der Waals surface area contributed by atoms with Crippen LogP contribution >= 0.6 is 0 Å². The van der Waals surface area contributed by atoms with Gasteiger partial charge in [-0.05, 0) is 57.8 Å². The summed E-state index contributed by atoms with van der Waals surface area (Å²) in [7, 11) is 0. The number of carbonyl (C=O) groups excluding carboxylic acids is 1. The Bertz CT molecular complexity index is 1500. The van der Waals surface area contributed by atoms with E-state index in [4.69, 9.17) is 28.4 Å². The van der Waals surface area contributed by atoms with Crippen LogP contribution in [0, 0.1) is 0 Å². The molecule has 2 saturated heterocycles. The second kappa shape index (κ2) is 49.5. The van der Waals surface area contributed by atoms with Gasteiger partial charge in [-0.1, -0.05) is 229 Å². The molecule has 7 N–H and O–H groups in total. The van der Waals surface area contributed by atoms with E-state index in [1.165, 1.54) is 122 Å². The Morgan fingerprint density at radius 3 is 1.32 bits per heavy atom. The first-order valence-corrected chi connectivity index (χ1v) is 30.9. The minimum atomic E-state index is -1.71. The molecule has 0 spiro atoms. The van der Waals surface area contributed by atoms with Crippen molar-refractivity contribution in [3.63, 3.8) is 0 Å². The van der Waals surface area contributed by atoms with Gasteiger partial charge in [0.2, 0.25) is 0 Å². The van der Waals surface area contributed by atoms with Gasteiger partial charge in [0.25, 0.3) is 0 Å². The summed E-state index contributed by atoms with van der Waals surface area (Å²) in [6.45, 7) is 3.60. The maximum atomic E-state index is 13.1. The highest BCUT2D eigenvalue weighted by Gasteiger charge is 2.47. The first-order chi connectivity index (χ1) is 37.6. The summed E-state index contributed by atoms with van der Waals surface area (Å²) in [6, 6.07) is 0. The summed E-state index contributed by atoms with van der Waals surface area (Å²) in [6.07, 6.45) is 45.6. The Labute approximate surface area is 466 Å². The molecule has 0 bridgehead atoms. The van der Waals surface area contributed by atoms with Crippen molar-refractivity contribution in [3.05, 3.63) is 60.8 Å². The third-order valence-electron chi connectivity index (χ3n) is 14.5. The fourth-order valence-corrected chi connectivity index (χ4v) is 9.61. The highest BCUT2D eigenvalue weighted by molar-refractivity contribution is 5.69. The molecule has 0 saturated carbocycles. The van der Waals surface area contributed by atoms with Crippen molar-refractivity contribution in [2.75, 3.05) is 33.0 Å². The van der Waals surface area contributed by atoms with E-state index in [1.807, 2.05) is 0 Å². The quantitative estimate of drug-likeness (QED) is 0.0172. The second-order valence-electron chi connectivity index (χ2n) is 21.5. The summed E-state index contributed by atoms with van der Waals surface area (Å²) in [5.74, 6) is -0.385. The van der Waals surface area contributed by atoms with Gasteiger partial charge < -0.3 is 64.2 Å². The zero-order chi connectivity index (χ0) is 55.8. The van der Waals surface area contributed by atoms with Gasteiger partial charge in [-0.25, -0.2) is 0 Å². The molecule has 0 aliphatic carbocycles. The van der Waals surface area contributed by atoms with Gasteiger partial charge in [0.05, 0.1) is 26.4 Å². The van der Waals surface area contributed by atoms with Crippen LogP contribution in [-0.4, -0.2) is 142 Å². The molecule has 2 rings (SSSR count). The summed E-state index contributed by atoms with van der Waals surface area (Å²) < 4.78 is 34.5. The molecule has 2 fully saturated rings. The molecule has 0 aromatic carbocycles. The van der Waals surface area contributed by atoms with Crippen molar-refractivity contribution in [1.82, 2.24) is 0 Å². The predicted octanol–water partition coefficient (Wildman–Crippen LogP) is 11.6. The summed E-state index contributed by atoms with van der Waals surface area (Å²) in [4.78, 5) is 13.1. The molecule has 0 aromatic heterocycles. The molecule has 14 heteroatoms. The van der Waals surface area contributed by atoms with Gasteiger partial charge in [-0.2, -0.15) is 0 Å². The Balaban J connectivity index is 1.70. The van der Waals surface area contributed by atoms with E-state index in [0.29, 0.717) is 13.0 Å². The molecule has 0 aromatic rings. The zero-order valence-electron chi connectivity index (χ0n) is 48.2. The number of esters is 1. The molecule has 11 unspecified atom stereocenters. The lowest BCUT2D eigenvalue weighted by Crippen LogP contribution is -2.61. The van der Waals surface area contributed by atoms with Crippen molar-refractivity contribution >= 4 is 5.97 Å². The van der Waals surface area contributed by atoms with Crippen LogP contribution < -0.4 is 0 Å². The zero-order valence-corrected chi connectivity index (χ0v) is 48.2. The van der Waals surface area contributed by atoms with Crippen LogP contribution in [0.4, 0.5) is 0 Å². The number of unbranched alkanes of at least 4 members (excludes halogenated alkanes) is 26. The lowest BCUT2D eigenvalue weighted by molar-refractivity contribution is -0.332. The molecular formula is C63H112O14. The largest absolute Gasteiger partial charge is 0.457 e. The number of ether oxygens (including phenoxy) is 6. The first kappa shape index (κ1) is 70.8. The topological polar surface area (TPSA) is 214 Å². The fraction of sp³-hybridized carbons (Fsp3) is 0.825. The van der Waals surface area contributed by atoms with Gasteiger partial charge in [0.1, 0.15) is 54.9 Å². The number of aliphatic hydroxyl groups is 7. The molecule has 14 nitrogen and oxygen atoms in total. The normalized spacial score (nSPS) is 24.7. The van der Waals surface area contributed by atoms with Crippen LogP contribution in [0.1, 0.15) is 232 Å². The van der Waals surface area contributed by atoms with Gasteiger partial charge in [-0.3, -0.25) is 4.79 Å². The van der Waals surface area contributed by atoms with Crippen LogP contribution in [0.25, 0.3) is 0 Å². The van der Waals surface area contributed by atoms with Gasteiger partial charge in [0.15, 0.2) is 12.6 Å². The smallest absolute Gasteiger partial charge is 0.306 e. The second-order valence-corrected chi connectivity index (χ2v) is 21.5. The Kier molecular flexibility index (Phi) is 45.5. The van der Waals surface area contributed by atoms with Crippen molar-refractivity contribution < 1.29 is 69.0 Å². The van der Waals surface area contributed by atoms with Gasteiger partial charge >= 0.3 is 5.97 Å². The van der Waals surface area contributed by atoms with E-state index in [2.05, 4.69) is 74.6 Å². The molecule has 2 aliphatic heterocycles.